The topological polar surface area (TPSA) is 69.7 Å². The highest BCUT2D eigenvalue weighted by Gasteiger charge is 2.34. The van der Waals surface area contributed by atoms with E-state index in [-0.39, 0.29) is 6.61 Å². The molecule has 0 aromatic heterocycles. The quantitative estimate of drug-likeness (QED) is 0.271. The van der Waals surface area contributed by atoms with Crippen molar-refractivity contribution in [2.24, 2.45) is 20.0 Å². The fourth-order valence-electron chi connectivity index (χ4n) is 7.36. The van der Waals surface area contributed by atoms with Crippen molar-refractivity contribution in [2.75, 3.05) is 6.61 Å². The van der Waals surface area contributed by atoms with Crippen molar-refractivity contribution in [3.63, 3.8) is 0 Å². The number of hydrogen-bond acceptors (Lipinski definition) is 5. The first-order chi connectivity index (χ1) is 21.4. The maximum absolute atomic E-state index is 9.79. The van der Waals surface area contributed by atoms with Crippen LogP contribution in [0.25, 0.3) is 0 Å². The van der Waals surface area contributed by atoms with Gasteiger partial charge in [0.15, 0.2) is 0 Å². The summed E-state index contributed by atoms with van der Waals surface area (Å²) in [6.45, 7) is 17.9. The fourth-order valence-corrected chi connectivity index (χ4v) is 7.36. The van der Waals surface area contributed by atoms with Gasteiger partial charge in [-0.05, 0) is 103 Å². The lowest BCUT2D eigenvalue weighted by Gasteiger charge is -2.14. The molecule has 0 amide bonds. The van der Waals surface area contributed by atoms with Gasteiger partial charge in [-0.15, -0.1) is 0 Å². The Bertz CT molecular complexity index is 1680. The Hall–Kier alpha value is -3.70. The van der Waals surface area contributed by atoms with Gasteiger partial charge in [-0.25, -0.2) is 20.0 Å². The molecule has 5 rings (SSSR count). The van der Waals surface area contributed by atoms with Crippen LogP contribution in [0.5, 0.6) is 0 Å². The van der Waals surface area contributed by atoms with Crippen LogP contribution in [0, 0.1) is 0 Å². The third kappa shape index (κ3) is 5.19. The summed E-state index contributed by atoms with van der Waals surface area (Å²) >= 11 is 0. The number of aliphatic imine (C=N–C) groups is 4. The number of hydrogen-bond donors (Lipinski definition) is 1. The van der Waals surface area contributed by atoms with Crippen LogP contribution in [0.1, 0.15) is 107 Å². The van der Waals surface area contributed by atoms with Crippen molar-refractivity contribution < 1.29 is 5.11 Å². The summed E-state index contributed by atoms with van der Waals surface area (Å²) in [5.74, 6) is 0. The second-order valence-electron chi connectivity index (χ2n) is 11.5. The molecule has 0 atom stereocenters. The number of nitrogens with zero attached hydrogens (tertiary/aromatic N) is 4. The van der Waals surface area contributed by atoms with Gasteiger partial charge in [-0.2, -0.15) is 0 Å². The van der Waals surface area contributed by atoms with E-state index in [4.69, 9.17) is 20.0 Å². The van der Waals surface area contributed by atoms with Crippen LogP contribution in [-0.4, -0.2) is 34.6 Å². The molecule has 0 saturated carbocycles. The average molecular weight is 589 g/mol. The predicted octanol–water partition coefficient (Wildman–Crippen LogP) is 9.74. The minimum Gasteiger partial charge on any atom is -0.392 e. The van der Waals surface area contributed by atoms with Crippen molar-refractivity contribution in [2.45, 2.75) is 107 Å². The number of allylic oxidation sites excluding steroid dienone is 13. The molecule has 0 radical (unpaired) electrons. The van der Waals surface area contributed by atoms with Crippen molar-refractivity contribution in [3.8, 4) is 0 Å². The van der Waals surface area contributed by atoms with Gasteiger partial charge in [0, 0.05) is 16.7 Å². The van der Waals surface area contributed by atoms with E-state index in [0.29, 0.717) is 0 Å². The number of fused-ring (bicyclic) bond motifs is 4. The van der Waals surface area contributed by atoms with E-state index in [0.717, 1.165) is 103 Å². The summed E-state index contributed by atoms with van der Waals surface area (Å²) in [5, 5.41) is 9.79. The number of aliphatic hydroxyl groups excluding tert-OH is 1. The van der Waals surface area contributed by atoms with E-state index in [1.54, 1.807) is 6.08 Å². The molecule has 5 aliphatic rings. The van der Waals surface area contributed by atoms with Crippen LogP contribution in [0.4, 0.5) is 0 Å². The highest BCUT2D eigenvalue weighted by molar-refractivity contribution is 6.23. The molecular formula is C39H48N4O. The molecule has 8 bridgehead atoms. The van der Waals surface area contributed by atoms with E-state index in [9.17, 15) is 5.11 Å². The largest absolute Gasteiger partial charge is 0.392 e. The van der Waals surface area contributed by atoms with Crippen LogP contribution < -0.4 is 0 Å². The molecule has 5 heteroatoms. The Balaban J connectivity index is 1.97. The summed E-state index contributed by atoms with van der Waals surface area (Å²) in [4.78, 5) is 21.5. The van der Waals surface area contributed by atoms with E-state index < -0.39 is 0 Å². The van der Waals surface area contributed by atoms with Gasteiger partial charge >= 0.3 is 0 Å². The Morgan fingerprint density at radius 3 is 1.50 bits per heavy atom. The Morgan fingerprint density at radius 2 is 0.977 bits per heavy atom. The zero-order valence-electron chi connectivity index (χ0n) is 28.0. The molecule has 0 saturated heterocycles. The maximum atomic E-state index is 9.79. The minimum atomic E-state index is -0.0405. The van der Waals surface area contributed by atoms with Crippen molar-refractivity contribution in [3.05, 3.63) is 103 Å². The zero-order chi connectivity index (χ0) is 31.5. The SMILES string of the molecule is CCC1=C(CC)C2=C(CC)C3=NC(=C(CC)C4=NC(=C(C=CCO)C5=NC(=CC1=N2)C=C5)C(CC)=C4CC)C(CC)=C3CC. The second-order valence-corrected chi connectivity index (χ2v) is 11.5. The lowest BCUT2D eigenvalue weighted by atomic mass is 9.88. The summed E-state index contributed by atoms with van der Waals surface area (Å²) in [7, 11) is 0. The molecule has 1 N–H and O–H groups in total. The molecule has 5 aliphatic heterocycles. The van der Waals surface area contributed by atoms with Gasteiger partial charge in [0.2, 0.25) is 0 Å². The molecule has 0 unspecified atom stereocenters. The van der Waals surface area contributed by atoms with Gasteiger partial charge < -0.3 is 5.11 Å². The maximum Gasteiger partial charge on any atom is 0.0766 e. The summed E-state index contributed by atoms with van der Waals surface area (Å²) in [5.41, 5.74) is 19.4. The van der Waals surface area contributed by atoms with Crippen LogP contribution >= 0.6 is 0 Å². The third-order valence-corrected chi connectivity index (χ3v) is 9.35. The molecular weight excluding hydrogens is 540 g/mol. The van der Waals surface area contributed by atoms with Gasteiger partial charge in [-0.3, -0.25) is 0 Å². The molecule has 44 heavy (non-hydrogen) atoms. The highest BCUT2D eigenvalue weighted by Crippen LogP contribution is 2.43. The zero-order valence-corrected chi connectivity index (χ0v) is 28.0. The van der Waals surface area contributed by atoms with Gasteiger partial charge in [-0.1, -0.05) is 67.5 Å². The molecule has 5 heterocycles. The molecule has 0 aromatic rings. The van der Waals surface area contributed by atoms with Crippen LogP contribution in [0.3, 0.4) is 0 Å². The first-order valence-electron chi connectivity index (χ1n) is 16.9. The lowest BCUT2D eigenvalue weighted by molar-refractivity contribution is 0.342. The number of aliphatic hydroxyl groups is 1. The van der Waals surface area contributed by atoms with Crippen LogP contribution in [0.15, 0.2) is 123 Å². The summed E-state index contributed by atoms with van der Waals surface area (Å²) in [6, 6.07) is 0. The fraction of sp³-hybridized carbons (Fsp3) is 0.436. The second kappa shape index (κ2) is 13.5. The average Bonchev–Trinajstić information content (AvgIpc) is 3.81. The lowest BCUT2D eigenvalue weighted by Crippen LogP contribution is -2.07. The van der Waals surface area contributed by atoms with Gasteiger partial charge in [0.25, 0.3) is 0 Å². The molecule has 5 nitrogen and oxygen atoms in total. The van der Waals surface area contributed by atoms with Gasteiger partial charge in [0.1, 0.15) is 0 Å². The van der Waals surface area contributed by atoms with E-state index in [1.165, 1.54) is 44.6 Å². The third-order valence-electron chi connectivity index (χ3n) is 9.35. The predicted molar refractivity (Wildman–Crippen MR) is 188 cm³/mol. The summed E-state index contributed by atoms with van der Waals surface area (Å²) in [6.07, 6.45) is 17.2. The smallest absolute Gasteiger partial charge is 0.0766 e. The van der Waals surface area contributed by atoms with E-state index in [2.05, 4.69) is 73.6 Å². The first-order valence-corrected chi connectivity index (χ1v) is 16.9. The molecule has 0 fully saturated rings. The minimum absolute atomic E-state index is 0.0405. The molecule has 230 valence electrons. The van der Waals surface area contributed by atoms with E-state index >= 15 is 0 Å². The highest BCUT2D eigenvalue weighted by atomic mass is 16.2. The Kier molecular flexibility index (Phi) is 9.75. The molecule has 0 aliphatic carbocycles. The molecule has 0 spiro atoms. The number of rotatable bonds is 10. The van der Waals surface area contributed by atoms with Crippen LogP contribution in [-0.2, 0) is 0 Å². The van der Waals surface area contributed by atoms with Crippen molar-refractivity contribution in [1.29, 1.82) is 0 Å². The van der Waals surface area contributed by atoms with Crippen molar-refractivity contribution in [1.82, 2.24) is 0 Å². The van der Waals surface area contributed by atoms with Crippen molar-refractivity contribution >= 4 is 22.8 Å². The Labute approximate surface area is 264 Å². The molecule has 0 aromatic carbocycles. The monoisotopic (exact) mass is 588 g/mol. The van der Waals surface area contributed by atoms with E-state index in [1.807, 2.05) is 6.08 Å². The van der Waals surface area contributed by atoms with Crippen LogP contribution in [0.2, 0.25) is 0 Å². The first kappa shape index (κ1) is 31.7. The summed E-state index contributed by atoms with van der Waals surface area (Å²) < 4.78 is 0. The van der Waals surface area contributed by atoms with Gasteiger partial charge in [0.05, 0.1) is 52.2 Å². The Morgan fingerprint density at radius 1 is 0.500 bits per heavy atom. The normalized spacial score (nSPS) is 20.2. The standard InChI is InChI=1S/C39H48N4O/c1-9-24-25(10-2)35-30(15-7)36-26(11-3)27(12-4)37(42-36)31(16-8)38-28(13-5)29(14-6)39(43-38)32(18-17-21-44)33-20-19-23(40-33)22-34(24)41-35/h17-20,22,44H,9-16,21H2,1-8H3.